The summed E-state index contributed by atoms with van der Waals surface area (Å²) in [6.45, 7) is 4.18. The summed E-state index contributed by atoms with van der Waals surface area (Å²) in [5.74, 6) is -0.370. The van der Waals surface area contributed by atoms with Crippen molar-refractivity contribution in [2.24, 2.45) is 0 Å². The van der Waals surface area contributed by atoms with E-state index in [0.29, 0.717) is 17.3 Å². The average molecular weight is 314 g/mol. The number of aromatic nitrogens is 1. The lowest BCUT2D eigenvalue weighted by atomic mass is 9.99. The fourth-order valence-corrected chi connectivity index (χ4v) is 2.82. The Balaban J connectivity index is 2.22. The topological polar surface area (TPSA) is 42.1 Å². The molecule has 0 aliphatic heterocycles. The highest BCUT2D eigenvalue weighted by Gasteiger charge is 2.16. The van der Waals surface area contributed by atoms with Gasteiger partial charge in [0.05, 0.1) is 17.1 Å². The Bertz CT molecular complexity index is 851. The molecule has 3 rings (SSSR count). The van der Waals surface area contributed by atoms with Crippen LogP contribution in [-0.2, 0) is 4.74 Å². The number of esters is 1. The van der Waals surface area contributed by atoms with Gasteiger partial charge in [-0.1, -0.05) is 41.9 Å². The maximum absolute atomic E-state index is 11.9. The third kappa shape index (κ3) is 2.48. The smallest absolute Gasteiger partial charge is 0.354 e. The second-order valence-corrected chi connectivity index (χ2v) is 5.51. The molecule has 2 aromatic carbocycles. The molecule has 0 amide bonds. The van der Waals surface area contributed by atoms with Gasteiger partial charge in [0.2, 0.25) is 0 Å². The molecular weight excluding hydrogens is 298 g/mol. The van der Waals surface area contributed by atoms with Crippen LogP contribution in [0.15, 0.2) is 42.5 Å². The first kappa shape index (κ1) is 14.7. The third-order valence-corrected chi connectivity index (χ3v) is 4.00. The number of halogens is 1. The first-order valence-corrected chi connectivity index (χ1v) is 7.54. The second-order valence-electron chi connectivity index (χ2n) is 5.10. The molecule has 3 aromatic rings. The van der Waals surface area contributed by atoms with Crippen molar-refractivity contribution in [3.63, 3.8) is 0 Å². The van der Waals surface area contributed by atoms with Gasteiger partial charge in [-0.2, -0.15) is 0 Å². The molecule has 0 saturated carbocycles. The van der Waals surface area contributed by atoms with Crippen molar-refractivity contribution >= 4 is 28.5 Å². The largest absolute Gasteiger partial charge is 0.461 e. The third-order valence-electron chi connectivity index (χ3n) is 3.67. The van der Waals surface area contributed by atoms with Gasteiger partial charge in [-0.25, -0.2) is 4.79 Å². The first-order valence-electron chi connectivity index (χ1n) is 7.16. The molecule has 4 heteroatoms. The van der Waals surface area contributed by atoms with Crippen LogP contribution in [0.25, 0.3) is 22.0 Å². The zero-order chi connectivity index (χ0) is 15.7. The van der Waals surface area contributed by atoms with Crippen LogP contribution in [0.4, 0.5) is 0 Å². The summed E-state index contributed by atoms with van der Waals surface area (Å²) < 4.78 is 5.05. The molecule has 1 N–H and O–H groups in total. The predicted octanol–water partition coefficient (Wildman–Crippen LogP) is 4.97. The van der Waals surface area contributed by atoms with Gasteiger partial charge >= 0.3 is 5.97 Å². The molecule has 22 heavy (non-hydrogen) atoms. The highest BCUT2D eigenvalue weighted by atomic mass is 35.5. The molecule has 1 heterocycles. The Morgan fingerprint density at radius 2 is 1.95 bits per heavy atom. The number of fused-ring (bicyclic) bond motifs is 1. The molecule has 0 atom stereocenters. The zero-order valence-electron chi connectivity index (χ0n) is 12.4. The van der Waals surface area contributed by atoms with Crippen LogP contribution in [-0.4, -0.2) is 17.6 Å². The molecule has 0 spiro atoms. The van der Waals surface area contributed by atoms with Gasteiger partial charge in [0.25, 0.3) is 0 Å². The summed E-state index contributed by atoms with van der Waals surface area (Å²) in [6, 6.07) is 13.7. The number of hydrogen-bond acceptors (Lipinski definition) is 2. The van der Waals surface area contributed by atoms with Crippen LogP contribution in [0.5, 0.6) is 0 Å². The molecule has 0 bridgehead atoms. The molecule has 0 aliphatic rings. The number of nitrogens with one attached hydrogen (secondary N) is 1. The summed E-state index contributed by atoms with van der Waals surface area (Å²) >= 11 is 6.28. The number of benzene rings is 2. The van der Waals surface area contributed by atoms with Crippen LogP contribution >= 0.6 is 11.6 Å². The van der Waals surface area contributed by atoms with Gasteiger partial charge in [0.1, 0.15) is 5.69 Å². The monoisotopic (exact) mass is 313 g/mol. The van der Waals surface area contributed by atoms with E-state index in [1.807, 2.05) is 24.3 Å². The Labute approximate surface area is 133 Å². The Hall–Kier alpha value is -2.26. The lowest BCUT2D eigenvalue weighted by Crippen LogP contribution is -2.04. The van der Waals surface area contributed by atoms with Crippen molar-refractivity contribution < 1.29 is 9.53 Å². The van der Waals surface area contributed by atoms with Gasteiger partial charge in [0.15, 0.2) is 0 Å². The Morgan fingerprint density at radius 3 is 2.68 bits per heavy atom. The average Bonchev–Trinajstić information content (AvgIpc) is 2.95. The fourth-order valence-electron chi connectivity index (χ4n) is 2.60. The minimum atomic E-state index is -0.370. The summed E-state index contributed by atoms with van der Waals surface area (Å²) in [6.07, 6.45) is 0. The lowest BCUT2D eigenvalue weighted by molar-refractivity contribution is 0.0520. The predicted molar refractivity (Wildman–Crippen MR) is 89.4 cm³/mol. The number of hydrogen-bond donors (Lipinski definition) is 1. The number of carbonyl (C=O) groups is 1. The molecule has 1 aromatic heterocycles. The number of carbonyl (C=O) groups excluding carboxylic acids is 1. The number of aromatic amines is 1. The zero-order valence-corrected chi connectivity index (χ0v) is 13.2. The van der Waals surface area contributed by atoms with E-state index in [-0.39, 0.29) is 5.97 Å². The van der Waals surface area contributed by atoms with Crippen molar-refractivity contribution in [3.8, 4) is 11.1 Å². The van der Waals surface area contributed by atoms with E-state index in [0.717, 1.165) is 22.0 Å². The number of ether oxygens (including phenoxy) is 1. The minimum absolute atomic E-state index is 0.340. The standard InChI is InChI=1S/C18H16ClNO2/c1-3-22-18(21)16-10-14-15(19)9-8-13(17(14)20-16)12-7-5-4-6-11(12)2/h4-10,20H,3H2,1-2H3. The number of rotatable bonds is 3. The van der Waals surface area contributed by atoms with Crippen LogP contribution in [0.3, 0.4) is 0 Å². The summed E-state index contributed by atoms with van der Waals surface area (Å²) in [7, 11) is 0. The van der Waals surface area contributed by atoms with Crippen LogP contribution < -0.4 is 0 Å². The lowest BCUT2D eigenvalue weighted by Gasteiger charge is -2.08. The van der Waals surface area contributed by atoms with Crippen LogP contribution in [0, 0.1) is 6.92 Å². The first-order chi connectivity index (χ1) is 10.6. The van der Waals surface area contributed by atoms with Crippen molar-refractivity contribution in [1.82, 2.24) is 4.98 Å². The van der Waals surface area contributed by atoms with E-state index >= 15 is 0 Å². The molecule has 0 aliphatic carbocycles. The van der Waals surface area contributed by atoms with E-state index in [1.165, 1.54) is 5.56 Å². The maximum Gasteiger partial charge on any atom is 0.354 e. The number of aryl methyl sites for hydroxylation is 1. The summed E-state index contributed by atoms with van der Waals surface area (Å²) in [5.41, 5.74) is 4.57. The van der Waals surface area contributed by atoms with Crippen molar-refractivity contribution in [1.29, 1.82) is 0 Å². The summed E-state index contributed by atoms with van der Waals surface area (Å²) in [5, 5.41) is 1.43. The molecule has 112 valence electrons. The molecule has 0 fully saturated rings. The second kappa shape index (κ2) is 5.85. The van der Waals surface area contributed by atoms with Gasteiger partial charge in [-0.3, -0.25) is 0 Å². The quantitative estimate of drug-likeness (QED) is 0.693. The minimum Gasteiger partial charge on any atom is -0.461 e. The van der Waals surface area contributed by atoms with E-state index in [9.17, 15) is 4.79 Å². The van der Waals surface area contributed by atoms with E-state index < -0.39 is 0 Å². The van der Waals surface area contributed by atoms with Gasteiger partial charge in [0, 0.05) is 10.9 Å². The van der Waals surface area contributed by atoms with Crippen molar-refractivity contribution in [3.05, 3.63) is 58.7 Å². The molecule has 0 unspecified atom stereocenters. The summed E-state index contributed by atoms with van der Waals surface area (Å²) in [4.78, 5) is 15.1. The molecule has 0 radical (unpaired) electrons. The maximum atomic E-state index is 11.9. The molecular formula is C18H16ClNO2. The van der Waals surface area contributed by atoms with Gasteiger partial charge < -0.3 is 9.72 Å². The highest BCUT2D eigenvalue weighted by Crippen LogP contribution is 2.34. The highest BCUT2D eigenvalue weighted by molar-refractivity contribution is 6.36. The SMILES string of the molecule is CCOC(=O)c1cc2c(Cl)ccc(-c3ccccc3C)c2[nH]1. The Kier molecular flexibility index (Phi) is 3.90. The van der Waals surface area contributed by atoms with E-state index in [4.69, 9.17) is 16.3 Å². The normalized spacial score (nSPS) is 10.9. The van der Waals surface area contributed by atoms with Gasteiger partial charge in [-0.15, -0.1) is 0 Å². The fraction of sp³-hybridized carbons (Fsp3) is 0.167. The van der Waals surface area contributed by atoms with Crippen molar-refractivity contribution in [2.75, 3.05) is 6.61 Å². The molecule has 3 nitrogen and oxygen atoms in total. The van der Waals surface area contributed by atoms with E-state index in [1.54, 1.807) is 13.0 Å². The van der Waals surface area contributed by atoms with E-state index in [2.05, 4.69) is 24.0 Å². The Morgan fingerprint density at radius 1 is 1.18 bits per heavy atom. The van der Waals surface area contributed by atoms with Gasteiger partial charge in [-0.05, 0) is 37.1 Å². The van der Waals surface area contributed by atoms with Crippen molar-refractivity contribution in [2.45, 2.75) is 13.8 Å². The van der Waals surface area contributed by atoms with Crippen LogP contribution in [0.1, 0.15) is 23.0 Å². The number of H-pyrrole nitrogens is 1. The van der Waals surface area contributed by atoms with Crippen LogP contribution in [0.2, 0.25) is 5.02 Å². The molecule has 0 saturated heterocycles.